The molecule has 0 saturated heterocycles. The second-order valence-electron chi connectivity index (χ2n) is 0. The molecule has 0 radical (unpaired) electrons. The summed E-state index contributed by atoms with van der Waals surface area (Å²) in [6.07, 6.45) is 0. The summed E-state index contributed by atoms with van der Waals surface area (Å²) >= 11 is 0. The summed E-state index contributed by atoms with van der Waals surface area (Å²) in [4.78, 5) is 0. The Kier molecular flexibility index (Phi) is 1080. The van der Waals surface area contributed by atoms with E-state index in [-0.39, 0.29) is 50.2 Å². The van der Waals surface area contributed by atoms with Gasteiger partial charge in [-0.2, -0.15) is 0 Å². The Morgan fingerprint density at radius 2 is 0.400 bits per heavy atom. The second kappa shape index (κ2) is 54.8. The van der Waals surface area contributed by atoms with Crippen molar-refractivity contribution in [3.05, 3.63) is 0 Å². The van der Waals surface area contributed by atoms with Gasteiger partial charge in [0.1, 0.15) is 0 Å². The molecule has 0 aromatic heterocycles. The maximum atomic E-state index is 0. The molecule has 0 aromatic rings. The maximum Gasteiger partial charge on any atom is 2.00 e. The van der Waals surface area contributed by atoms with Gasteiger partial charge in [0.2, 0.25) is 0 Å². The molecule has 0 N–H and O–H groups in total. The summed E-state index contributed by atoms with van der Waals surface area (Å²) in [7, 11) is 0. The molecule has 0 aromatic carbocycles. The molecule has 0 atom stereocenters. The third-order valence-electron chi connectivity index (χ3n) is 0. The van der Waals surface area contributed by atoms with Gasteiger partial charge in [0.15, 0.2) is 0 Å². The Bertz CT molecular complexity index is 4.85. The van der Waals surface area contributed by atoms with Gasteiger partial charge in [0, 0.05) is 0 Å². The van der Waals surface area contributed by atoms with Crippen LogP contribution >= 0.6 is 19.8 Å². The molecule has 0 unspecified atom stereocenters. The van der Waals surface area contributed by atoms with E-state index in [1.807, 2.05) is 0 Å². The third-order valence-corrected chi connectivity index (χ3v) is 0. The van der Waals surface area contributed by atoms with Crippen LogP contribution in [-0.2, 0) is 0 Å². The van der Waals surface area contributed by atoms with Gasteiger partial charge in [-0.25, -0.2) is 0 Å². The van der Waals surface area contributed by atoms with E-state index in [1.165, 1.54) is 0 Å². The van der Waals surface area contributed by atoms with Crippen molar-refractivity contribution in [3.63, 3.8) is 0 Å². The fraction of sp³-hybridized carbons (Fsp3) is 0. The monoisotopic (exact) mass is 89.0 g/mol. The van der Waals surface area contributed by atoms with Crippen molar-refractivity contribution in [1.82, 2.24) is 0 Å². The molecule has 0 nitrogen and oxygen atoms in total. The third kappa shape index (κ3) is 32.6. The van der Waals surface area contributed by atoms with Gasteiger partial charge in [-0.15, -0.1) is 0 Å². The van der Waals surface area contributed by atoms with Crippen LogP contribution in [0, 0.1) is 0 Å². The molecule has 0 bridgehead atoms. The van der Waals surface area contributed by atoms with E-state index in [2.05, 4.69) is 0 Å². The van der Waals surface area contributed by atoms with Gasteiger partial charge in [-0.1, -0.05) is 0 Å². The zero-order valence-electron chi connectivity index (χ0n) is 3.02. The van der Waals surface area contributed by atoms with Crippen LogP contribution in [0.15, 0.2) is 0 Å². The van der Waals surface area contributed by atoms with Gasteiger partial charge in [-0.05, 0) is 0 Å². The molecule has 0 aliphatic heterocycles. The average Bonchev–Trinajstić information content (AvgIpc) is 0. The number of hydrogen-bond acceptors (Lipinski definition) is 0. The van der Waals surface area contributed by atoms with Gasteiger partial charge in [0.25, 0.3) is 0 Å². The minimum absolute atomic E-state index is 0. The minimum atomic E-state index is 0. The Balaban J connectivity index is 0. The van der Waals surface area contributed by atoms with Crippen molar-refractivity contribution in [3.8, 4) is 0 Å². The van der Waals surface area contributed by atoms with Crippen LogP contribution in [0.2, 0.25) is 0 Å². The van der Waals surface area contributed by atoms with E-state index in [0.717, 1.165) is 0 Å². The van der Waals surface area contributed by atoms with Crippen molar-refractivity contribution in [2.24, 2.45) is 0 Å². The van der Waals surface area contributed by atoms with Gasteiger partial charge in [0.05, 0.1) is 0 Å². The Labute approximate surface area is 50.8 Å². The average molecular weight is 89.0 g/mol. The van der Waals surface area contributed by atoms with E-state index in [0.29, 0.717) is 0 Å². The predicted octanol–water partition coefficient (Wildman–Crippen LogP) is 0.580. The quantitative estimate of drug-likeness (QED) is 0.301. The normalized spacial score (nSPS) is 0. The zero-order chi connectivity index (χ0) is 0. The van der Waals surface area contributed by atoms with Crippen LogP contribution in [0.4, 0.5) is 0 Å². The van der Waals surface area contributed by atoms with E-state index in [9.17, 15) is 0 Å². The maximum absolute atomic E-state index is 0. The summed E-state index contributed by atoms with van der Waals surface area (Å²) < 4.78 is 0. The fourth-order valence-electron chi connectivity index (χ4n) is 0. The van der Waals surface area contributed by atoms with Crippen LogP contribution in [0.3, 0.4) is 0 Å². The van der Waals surface area contributed by atoms with Gasteiger partial charge < -0.3 is 19.8 Å². The predicted molar refractivity (Wildman–Crippen MR) is 31.1 cm³/mol. The first-order valence-electron chi connectivity index (χ1n) is 0. The molecule has 0 amide bonds. The molecular formula is Be3P2. The minimum Gasteiger partial charge on any atom is -3.00 e. The summed E-state index contributed by atoms with van der Waals surface area (Å²) in [6, 6.07) is 0. The molecule has 0 fully saturated rings. The van der Waals surface area contributed by atoms with Crippen molar-refractivity contribution in [2.45, 2.75) is 0 Å². The van der Waals surface area contributed by atoms with E-state index in [4.69, 9.17) is 0 Å². The smallest absolute Gasteiger partial charge is 2.00 e. The van der Waals surface area contributed by atoms with E-state index >= 15 is 0 Å². The molecular weight excluding hydrogens is 89.0 g/mol. The van der Waals surface area contributed by atoms with E-state index in [1.54, 1.807) is 0 Å². The molecule has 5 heteroatoms. The first-order chi connectivity index (χ1) is 0. The topological polar surface area (TPSA) is 0 Å². The van der Waals surface area contributed by atoms with Crippen LogP contribution in [0.5, 0.6) is 0 Å². The first kappa shape index (κ1) is 98.2. The standard InChI is InChI=1S/3Be.2P/q3*+2;2*-3. The van der Waals surface area contributed by atoms with Crippen molar-refractivity contribution < 1.29 is 0 Å². The summed E-state index contributed by atoms with van der Waals surface area (Å²) in [5, 5.41) is 0. The molecule has 0 aliphatic rings. The van der Waals surface area contributed by atoms with E-state index < -0.39 is 0 Å². The number of hydrogen-bond donors (Lipinski definition) is 0. The molecule has 0 saturated carbocycles. The van der Waals surface area contributed by atoms with Crippen molar-refractivity contribution >= 4 is 50.2 Å². The second-order valence-corrected chi connectivity index (χ2v) is 0. The Morgan fingerprint density at radius 3 is 0.400 bits per heavy atom. The molecule has 5 heavy (non-hydrogen) atoms. The number of rotatable bonds is 0. The SMILES string of the molecule is [Be+2].[Be+2].[Be+2].[P-3].[P-3]. The van der Waals surface area contributed by atoms with Crippen LogP contribution in [0.1, 0.15) is 0 Å². The summed E-state index contributed by atoms with van der Waals surface area (Å²) in [6.45, 7) is 0. The summed E-state index contributed by atoms with van der Waals surface area (Å²) in [5.74, 6) is 0. The van der Waals surface area contributed by atoms with Crippen molar-refractivity contribution in [1.29, 1.82) is 0 Å². The Morgan fingerprint density at radius 1 is 0.400 bits per heavy atom. The largest absolute Gasteiger partial charge is 3.00 e. The Hall–Kier alpha value is 1.37. The molecule has 0 spiro atoms. The van der Waals surface area contributed by atoms with Crippen molar-refractivity contribution in [2.75, 3.05) is 0 Å². The van der Waals surface area contributed by atoms with Gasteiger partial charge >= 0.3 is 30.4 Å². The zero-order valence-corrected chi connectivity index (χ0v) is 4.80. The van der Waals surface area contributed by atoms with Gasteiger partial charge in [-0.3, -0.25) is 0 Å². The fourth-order valence-corrected chi connectivity index (χ4v) is 0. The molecule has 0 aliphatic carbocycles. The van der Waals surface area contributed by atoms with Crippen LogP contribution in [-0.4, -0.2) is 30.4 Å². The van der Waals surface area contributed by atoms with Crippen LogP contribution in [0.25, 0.3) is 0 Å². The first-order valence-corrected chi connectivity index (χ1v) is 0. The molecule has 0 rings (SSSR count). The van der Waals surface area contributed by atoms with Crippen LogP contribution < -0.4 is 0 Å². The molecule has 0 heterocycles. The summed E-state index contributed by atoms with van der Waals surface area (Å²) in [5.41, 5.74) is 0. The molecule has 16 valence electrons.